The molecule has 2 aromatic rings. The summed E-state index contributed by atoms with van der Waals surface area (Å²) in [5, 5.41) is 14.4. The van der Waals surface area contributed by atoms with Crippen LogP contribution in [0.25, 0.3) is 0 Å². The van der Waals surface area contributed by atoms with Crippen LogP contribution in [0, 0.1) is 6.92 Å². The summed E-state index contributed by atoms with van der Waals surface area (Å²) in [4.78, 5) is 5.58. The van der Waals surface area contributed by atoms with Crippen molar-refractivity contribution in [1.29, 1.82) is 0 Å². The first kappa shape index (κ1) is 15.6. The Bertz CT molecular complexity index is 588. The zero-order valence-corrected chi connectivity index (χ0v) is 13.5. The largest absolute Gasteiger partial charge is 0.502 e. The maximum absolute atomic E-state index is 9.89. The molecule has 0 amide bonds. The van der Waals surface area contributed by atoms with Crippen molar-refractivity contribution in [3.63, 3.8) is 0 Å². The molecule has 1 unspecified atom stereocenters. The van der Waals surface area contributed by atoms with Gasteiger partial charge < -0.3 is 19.9 Å². The maximum Gasteiger partial charge on any atom is 0.200 e. The number of phenols is 1. The van der Waals surface area contributed by atoms with E-state index in [1.54, 1.807) is 23.5 Å². The minimum Gasteiger partial charge on any atom is -0.502 e. The summed E-state index contributed by atoms with van der Waals surface area (Å²) in [6.45, 7) is 4.75. The van der Waals surface area contributed by atoms with Crippen LogP contribution in [0.2, 0.25) is 0 Å². The fourth-order valence-electron chi connectivity index (χ4n) is 1.98. The summed E-state index contributed by atoms with van der Waals surface area (Å²) in [7, 11) is 3.04. The van der Waals surface area contributed by atoms with Gasteiger partial charge in [-0.3, -0.25) is 0 Å². The first-order valence-electron chi connectivity index (χ1n) is 6.64. The third-order valence-corrected chi connectivity index (χ3v) is 4.26. The SMILES string of the molecule is COc1cc(CNC(C)c2ncc(C)s2)cc(OC)c1O. The van der Waals surface area contributed by atoms with E-state index in [1.165, 1.54) is 19.1 Å². The van der Waals surface area contributed by atoms with Gasteiger partial charge in [0.25, 0.3) is 0 Å². The zero-order chi connectivity index (χ0) is 15.4. The number of benzene rings is 1. The van der Waals surface area contributed by atoms with Crippen molar-refractivity contribution in [3.8, 4) is 17.2 Å². The number of phenolic OH excluding ortho intramolecular Hbond substituents is 1. The molecule has 0 fully saturated rings. The molecule has 6 heteroatoms. The van der Waals surface area contributed by atoms with Crippen LogP contribution in [0.5, 0.6) is 17.2 Å². The van der Waals surface area contributed by atoms with Gasteiger partial charge in [-0.1, -0.05) is 0 Å². The lowest BCUT2D eigenvalue weighted by Crippen LogP contribution is -2.18. The summed E-state index contributed by atoms with van der Waals surface area (Å²) < 4.78 is 10.3. The number of aromatic hydroxyl groups is 1. The zero-order valence-electron chi connectivity index (χ0n) is 12.6. The molecule has 2 rings (SSSR count). The lowest BCUT2D eigenvalue weighted by molar-refractivity contribution is 0.339. The fourth-order valence-corrected chi connectivity index (χ4v) is 2.78. The molecule has 0 saturated carbocycles. The number of aromatic nitrogens is 1. The molecule has 1 atom stereocenters. The van der Waals surface area contributed by atoms with Gasteiger partial charge in [0, 0.05) is 17.6 Å². The van der Waals surface area contributed by atoms with Crippen LogP contribution in [-0.2, 0) is 6.54 Å². The molecule has 1 aromatic heterocycles. The number of hydrogen-bond donors (Lipinski definition) is 2. The van der Waals surface area contributed by atoms with Crippen LogP contribution < -0.4 is 14.8 Å². The summed E-state index contributed by atoms with van der Waals surface area (Å²) in [6, 6.07) is 3.75. The highest BCUT2D eigenvalue weighted by Crippen LogP contribution is 2.37. The number of rotatable bonds is 6. The normalized spacial score (nSPS) is 12.2. The molecule has 0 radical (unpaired) electrons. The van der Waals surface area contributed by atoms with E-state index < -0.39 is 0 Å². The quantitative estimate of drug-likeness (QED) is 0.859. The standard InChI is InChI=1S/C15H20N2O3S/c1-9-7-17-15(21-9)10(2)16-8-11-5-12(19-3)14(18)13(6-11)20-4/h5-7,10,16,18H,8H2,1-4H3. The van der Waals surface area contributed by atoms with E-state index in [-0.39, 0.29) is 11.8 Å². The highest BCUT2D eigenvalue weighted by atomic mass is 32.1. The van der Waals surface area contributed by atoms with Gasteiger partial charge in [-0.05, 0) is 31.5 Å². The summed E-state index contributed by atoms with van der Waals surface area (Å²) in [6.07, 6.45) is 1.88. The van der Waals surface area contributed by atoms with E-state index in [1.807, 2.05) is 13.1 Å². The van der Waals surface area contributed by atoms with Gasteiger partial charge >= 0.3 is 0 Å². The second-order valence-electron chi connectivity index (χ2n) is 4.76. The van der Waals surface area contributed by atoms with E-state index in [4.69, 9.17) is 9.47 Å². The average molecular weight is 308 g/mol. The number of aryl methyl sites for hydroxylation is 1. The predicted molar refractivity (Wildman–Crippen MR) is 83.3 cm³/mol. The summed E-state index contributed by atoms with van der Waals surface area (Å²) in [5.41, 5.74) is 0.974. The number of thiazole rings is 1. The topological polar surface area (TPSA) is 63.6 Å². The maximum atomic E-state index is 9.89. The lowest BCUT2D eigenvalue weighted by atomic mass is 10.1. The van der Waals surface area contributed by atoms with Crippen LogP contribution in [0.3, 0.4) is 0 Å². The lowest BCUT2D eigenvalue weighted by Gasteiger charge is -2.14. The molecule has 1 aromatic carbocycles. The van der Waals surface area contributed by atoms with Gasteiger partial charge in [-0.25, -0.2) is 4.98 Å². The molecule has 0 aliphatic rings. The van der Waals surface area contributed by atoms with E-state index >= 15 is 0 Å². The van der Waals surface area contributed by atoms with E-state index in [9.17, 15) is 5.11 Å². The number of ether oxygens (including phenoxy) is 2. The molecule has 0 saturated heterocycles. The van der Waals surface area contributed by atoms with E-state index in [0.717, 1.165) is 10.6 Å². The van der Waals surface area contributed by atoms with Crippen molar-refractivity contribution in [1.82, 2.24) is 10.3 Å². The molecular weight excluding hydrogens is 288 g/mol. The molecule has 0 spiro atoms. The highest BCUT2D eigenvalue weighted by Gasteiger charge is 2.13. The number of nitrogens with zero attached hydrogens (tertiary/aromatic N) is 1. The fraction of sp³-hybridized carbons (Fsp3) is 0.400. The Morgan fingerprint density at radius 3 is 2.38 bits per heavy atom. The van der Waals surface area contributed by atoms with Gasteiger partial charge in [-0.15, -0.1) is 11.3 Å². The van der Waals surface area contributed by atoms with Crippen molar-refractivity contribution in [3.05, 3.63) is 33.8 Å². The monoisotopic (exact) mass is 308 g/mol. The third kappa shape index (κ3) is 3.65. The Balaban J connectivity index is 2.09. The van der Waals surface area contributed by atoms with Crippen molar-refractivity contribution in [2.75, 3.05) is 14.2 Å². The molecular formula is C15H20N2O3S. The van der Waals surface area contributed by atoms with Crippen molar-refractivity contribution in [2.45, 2.75) is 26.4 Å². The van der Waals surface area contributed by atoms with Crippen molar-refractivity contribution < 1.29 is 14.6 Å². The predicted octanol–water partition coefficient (Wildman–Crippen LogP) is 3.03. The Kier molecular flexibility index (Phi) is 5.03. The molecule has 0 aliphatic carbocycles. The molecule has 1 heterocycles. The molecule has 0 aliphatic heterocycles. The highest BCUT2D eigenvalue weighted by molar-refractivity contribution is 7.11. The number of hydrogen-bond acceptors (Lipinski definition) is 6. The summed E-state index contributed by atoms with van der Waals surface area (Å²) in [5.74, 6) is 0.833. The van der Waals surface area contributed by atoms with E-state index in [2.05, 4.69) is 17.2 Å². The molecule has 2 N–H and O–H groups in total. The van der Waals surface area contributed by atoms with Gasteiger partial charge in [0.2, 0.25) is 5.75 Å². The molecule has 0 bridgehead atoms. The molecule has 21 heavy (non-hydrogen) atoms. The first-order valence-corrected chi connectivity index (χ1v) is 7.46. The Labute approximate surface area is 128 Å². The van der Waals surface area contributed by atoms with Gasteiger partial charge in [0.05, 0.1) is 20.3 Å². The first-order chi connectivity index (χ1) is 10.0. The second kappa shape index (κ2) is 6.78. The second-order valence-corrected chi connectivity index (χ2v) is 6.03. The van der Waals surface area contributed by atoms with Crippen LogP contribution in [0.1, 0.15) is 28.4 Å². The average Bonchev–Trinajstić information content (AvgIpc) is 2.92. The van der Waals surface area contributed by atoms with Gasteiger partial charge in [0.1, 0.15) is 5.01 Å². The Morgan fingerprint density at radius 1 is 1.29 bits per heavy atom. The number of methoxy groups -OCH3 is 2. The Hall–Kier alpha value is -1.79. The molecule has 114 valence electrons. The van der Waals surface area contributed by atoms with Crippen LogP contribution in [-0.4, -0.2) is 24.3 Å². The summed E-state index contributed by atoms with van der Waals surface area (Å²) >= 11 is 1.69. The minimum absolute atomic E-state index is 0.0207. The van der Waals surface area contributed by atoms with Crippen LogP contribution in [0.15, 0.2) is 18.3 Å². The van der Waals surface area contributed by atoms with Crippen LogP contribution >= 0.6 is 11.3 Å². The van der Waals surface area contributed by atoms with Gasteiger partial charge in [0.15, 0.2) is 11.5 Å². The smallest absolute Gasteiger partial charge is 0.200 e. The molecule has 5 nitrogen and oxygen atoms in total. The van der Waals surface area contributed by atoms with Crippen molar-refractivity contribution >= 4 is 11.3 Å². The third-order valence-electron chi connectivity index (χ3n) is 3.16. The van der Waals surface area contributed by atoms with Crippen molar-refractivity contribution in [2.24, 2.45) is 0 Å². The van der Waals surface area contributed by atoms with Gasteiger partial charge in [-0.2, -0.15) is 0 Å². The number of nitrogens with one attached hydrogen (secondary N) is 1. The Morgan fingerprint density at radius 2 is 1.90 bits per heavy atom. The van der Waals surface area contributed by atoms with E-state index in [0.29, 0.717) is 18.0 Å². The minimum atomic E-state index is 0.0207. The van der Waals surface area contributed by atoms with Crippen LogP contribution in [0.4, 0.5) is 0 Å².